The number of thioether (sulfide) groups is 1. The fourth-order valence-corrected chi connectivity index (χ4v) is 11.8. The van der Waals surface area contributed by atoms with Gasteiger partial charge in [-0.2, -0.15) is 13.2 Å². The summed E-state index contributed by atoms with van der Waals surface area (Å²) in [5, 5.41) is 13.4. The summed E-state index contributed by atoms with van der Waals surface area (Å²) >= 11 is 0.822. The molecule has 21 nitrogen and oxygen atoms in total. The van der Waals surface area contributed by atoms with E-state index in [2.05, 4.69) is 26.6 Å². The molecule has 7 rings (SSSR count). The summed E-state index contributed by atoms with van der Waals surface area (Å²) in [4.78, 5) is 146. The van der Waals surface area contributed by atoms with Crippen molar-refractivity contribution in [2.75, 3.05) is 31.1 Å². The highest BCUT2D eigenvalue weighted by Crippen LogP contribution is 2.38. The van der Waals surface area contributed by atoms with E-state index in [-0.39, 0.29) is 75.4 Å². The van der Waals surface area contributed by atoms with Gasteiger partial charge in [-0.25, -0.2) is 0 Å². The quantitative estimate of drug-likeness (QED) is 0.118. The zero-order chi connectivity index (χ0) is 59.4. The second-order valence-electron chi connectivity index (χ2n) is 21.8. The highest BCUT2D eigenvalue weighted by Gasteiger charge is 2.52. The first-order chi connectivity index (χ1) is 39.0. The number of amides is 10. The van der Waals surface area contributed by atoms with Crippen LogP contribution in [0.3, 0.4) is 0 Å². The van der Waals surface area contributed by atoms with Gasteiger partial charge in [-0.3, -0.25) is 47.9 Å². The lowest BCUT2D eigenvalue weighted by atomic mass is 9.92. The summed E-state index contributed by atoms with van der Waals surface area (Å²) in [5.41, 5.74) is 19.7. The SMILES string of the molecule is CC(C)C[C@@H]1NC(=O)[C@@H]2C[C@H](C(F)(F)F)CN2C(=O)[C@H](Cc2ccccc2)NC(=O)CSC[C@@H](C(N)=O)NC(=O)[C@H](Cc2ccc(C(N)=O)cc2)NC(=O)[C@@H]2Cc3ccccc3CN2C(=O)[C@@H]2CCCN2C(=O)[C@H](CCCCN)NC1=O. The van der Waals surface area contributed by atoms with E-state index in [1.807, 2.05) is 0 Å². The first kappa shape index (κ1) is 62.1. The number of rotatable bonds is 12. The third kappa shape index (κ3) is 15.9. The van der Waals surface area contributed by atoms with Gasteiger partial charge in [0.2, 0.25) is 59.1 Å². The minimum absolute atomic E-state index is 0.00725. The molecule has 4 aliphatic rings. The first-order valence-corrected chi connectivity index (χ1v) is 28.7. The third-order valence-corrected chi connectivity index (χ3v) is 16.3. The van der Waals surface area contributed by atoms with E-state index in [9.17, 15) is 56.3 Å². The van der Waals surface area contributed by atoms with Crippen LogP contribution in [0.25, 0.3) is 0 Å². The molecule has 0 saturated carbocycles. The average Bonchev–Trinajstić information content (AvgIpc) is 3.67. The molecule has 11 N–H and O–H groups in total. The molecule has 0 spiro atoms. The Kier molecular flexibility index (Phi) is 21.2. The Balaban J connectivity index is 1.28. The topological polar surface area (TPSA) is 319 Å². The van der Waals surface area contributed by atoms with Gasteiger partial charge in [0.25, 0.3) is 0 Å². The van der Waals surface area contributed by atoms with Crippen LogP contribution in [-0.2, 0) is 69.0 Å². The fraction of sp³-hybridized carbons (Fsp3) is 0.509. The Morgan fingerprint density at radius 3 is 1.93 bits per heavy atom. The maximum absolute atomic E-state index is 15.2. The number of carbonyl (C=O) groups is 10. The van der Waals surface area contributed by atoms with Crippen LogP contribution in [0.15, 0.2) is 78.9 Å². The van der Waals surface area contributed by atoms with E-state index in [0.29, 0.717) is 30.4 Å². The molecular formula is C57H72F3N11O10S. The van der Waals surface area contributed by atoms with Gasteiger partial charge >= 0.3 is 6.18 Å². The monoisotopic (exact) mass is 1160 g/mol. The normalized spacial score (nSPS) is 25.8. The molecule has 4 aliphatic heterocycles. The molecule has 25 heteroatoms. The van der Waals surface area contributed by atoms with Crippen LogP contribution < -0.4 is 43.8 Å². The lowest BCUT2D eigenvalue weighted by Gasteiger charge is -2.40. The van der Waals surface area contributed by atoms with E-state index in [1.165, 1.54) is 34.1 Å². The molecule has 3 aromatic carbocycles. The molecule has 9 atom stereocenters. The van der Waals surface area contributed by atoms with Crippen molar-refractivity contribution in [1.29, 1.82) is 0 Å². The maximum atomic E-state index is 15.2. The minimum Gasteiger partial charge on any atom is -0.368 e. The summed E-state index contributed by atoms with van der Waals surface area (Å²) < 4.78 is 44.0. The summed E-state index contributed by atoms with van der Waals surface area (Å²) in [6.07, 6.45) is -4.85. The van der Waals surface area contributed by atoms with Crippen molar-refractivity contribution in [3.63, 3.8) is 0 Å². The molecule has 0 unspecified atom stereocenters. The number of halogens is 3. The highest BCUT2D eigenvalue weighted by molar-refractivity contribution is 8.00. The number of unbranched alkanes of at least 4 members (excludes halogenated alkanes) is 1. The molecular weight excluding hydrogens is 1090 g/mol. The molecule has 0 aromatic heterocycles. The number of nitrogens with zero attached hydrogens (tertiary/aromatic N) is 3. The van der Waals surface area contributed by atoms with Crippen LogP contribution in [0.4, 0.5) is 13.2 Å². The molecule has 0 aliphatic carbocycles. The van der Waals surface area contributed by atoms with Gasteiger partial charge in [-0.1, -0.05) is 80.6 Å². The Morgan fingerprint density at radius 2 is 1.27 bits per heavy atom. The Morgan fingerprint density at radius 1 is 0.659 bits per heavy atom. The van der Waals surface area contributed by atoms with Crippen molar-refractivity contribution in [3.05, 3.63) is 107 Å². The van der Waals surface area contributed by atoms with Gasteiger partial charge in [0.05, 0.1) is 11.7 Å². The fourth-order valence-electron chi connectivity index (χ4n) is 11.0. The van der Waals surface area contributed by atoms with Crippen molar-refractivity contribution in [1.82, 2.24) is 41.3 Å². The Labute approximate surface area is 477 Å². The van der Waals surface area contributed by atoms with Crippen molar-refractivity contribution in [2.45, 2.75) is 139 Å². The summed E-state index contributed by atoms with van der Waals surface area (Å²) in [6, 6.07) is 10.0. The highest BCUT2D eigenvalue weighted by atomic mass is 32.2. The predicted octanol–water partition coefficient (Wildman–Crippen LogP) is 1.13. The summed E-state index contributed by atoms with van der Waals surface area (Å²) in [6.45, 7) is 2.81. The van der Waals surface area contributed by atoms with E-state index in [4.69, 9.17) is 17.2 Å². The lowest BCUT2D eigenvalue weighted by Crippen LogP contribution is -2.61. The van der Waals surface area contributed by atoms with Crippen LogP contribution in [-0.4, -0.2) is 159 Å². The molecule has 3 fully saturated rings. The third-order valence-electron chi connectivity index (χ3n) is 15.3. The number of fused-ring (bicyclic) bond motifs is 4. The second-order valence-corrected chi connectivity index (χ2v) is 22.8. The molecule has 0 bridgehead atoms. The lowest BCUT2D eigenvalue weighted by molar-refractivity contribution is -0.171. The standard InChI is InChI=1S/C57H72F3N11O10S/c1-32(2)23-40-50(75)65-39(15-8-9-21-61)54(79)69-22-10-16-44(69)56(81)70-28-37-14-7-6-13-36(37)26-45(70)52(77)67-41(24-34-17-19-35(20-18-34)48(62)73)51(76)68-43(49(63)74)30-82-31-47(72)64-42(25-33-11-4-3-5-12-33)55(80)71-29-38(57(58,59)60)27-46(71)53(78)66-40/h3-7,11-14,17-20,32,38-46H,8-10,15-16,21-31,61H2,1-2H3,(H2,62,73)(H2,63,74)(H,64,72)(H,65,75)(H,66,78)(H,67,77)(H,68,76)/t38-,39-,40-,41-,42-,43-,44-,45-,46-/m0/s1. The molecule has 442 valence electrons. The maximum Gasteiger partial charge on any atom is 0.393 e. The molecule has 4 heterocycles. The van der Waals surface area contributed by atoms with Crippen LogP contribution in [0.1, 0.15) is 91.4 Å². The predicted molar refractivity (Wildman–Crippen MR) is 296 cm³/mol. The number of primary amides is 2. The van der Waals surface area contributed by atoms with Gasteiger partial charge in [-0.15, -0.1) is 11.8 Å². The van der Waals surface area contributed by atoms with Crippen molar-refractivity contribution in [3.8, 4) is 0 Å². The van der Waals surface area contributed by atoms with Gasteiger partial charge in [0.1, 0.15) is 48.3 Å². The van der Waals surface area contributed by atoms with E-state index in [0.717, 1.165) is 27.8 Å². The molecule has 10 amide bonds. The van der Waals surface area contributed by atoms with Crippen molar-refractivity contribution < 1.29 is 61.1 Å². The van der Waals surface area contributed by atoms with Crippen molar-refractivity contribution >= 4 is 70.8 Å². The van der Waals surface area contributed by atoms with Crippen LogP contribution in [0.2, 0.25) is 0 Å². The number of alkyl halides is 3. The first-order valence-electron chi connectivity index (χ1n) is 27.6. The molecule has 82 heavy (non-hydrogen) atoms. The van der Waals surface area contributed by atoms with Gasteiger partial charge in [0, 0.05) is 50.2 Å². The largest absolute Gasteiger partial charge is 0.393 e. The number of carbonyl (C=O) groups excluding carboxylic acids is 10. The number of nitrogens with one attached hydrogen (secondary N) is 5. The van der Waals surface area contributed by atoms with Crippen LogP contribution in [0.5, 0.6) is 0 Å². The zero-order valence-corrected chi connectivity index (χ0v) is 46.6. The number of hydrogen-bond acceptors (Lipinski definition) is 12. The Hall–Kier alpha value is -7.54. The van der Waals surface area contributed by atoms with E-state index < -0.39 is 138 Å². The van der Waals surface area contributed by atoms with Crippen LogP contribution >= 0.6 is 11.8 Å². The van der Waals surface area contributed by atoms with Gasteiger partial charge < -0.3 is 58.5 Å². The van der Waals surface area contributed by atoms with Crippen LogP contribution in [0, 0.1) is 11.8 Å². The summed E-state index contributed by atoms with van der Waals surface area (Å²) in [7, 11) is 0. The zero-order valence-electron chi connectivity index (χ0n) is 45.8. The number of hydrogen-bond donors (Lipinski definition) is 8. The molecule has 3 aromatic rings. The molecule has 0 radical (unpaired) electrons. The second kappa shape index (κ2) is 28.0. The minimum atomic E-state index is -4.86. The number of nitrogens with two attached hydrogens (primary N) is 3. The van der Waals surface area contributed by atoms with Gasteiger partial charge in [0.15, 0.2) is 0 Å². The van der Waals surface area contributed by atoms with Crippen molar-refractivity contribution in [2.24, 2.45) is 29.0 Å². The molecule has 3 saturated heterocycles. The van der Waals surface area contributed by atoms with E-state index >= 15 is 4.79 Å². The number of benzene rings is 3. The summed E-state index contributed by atoms with van der Waals surface area (Å²) in [5.74, 6) is -11.6. The smallest absolute Gasteiger partial charge is 0.368 e. The van der Waals surface area contributed by atoms with Gasteiger partial charge in [-0.05, 0) is 91.8 Å². The van der Waals surface area contributed by atoms with E-state index in [1.54, 1.807) is 68.4 Å². The average molecular weight is 1160 g/mol. The Bertz CT molecular complexity index is 2850.